The quantitative estimate of drug-likeness (QED) is 0.479. The summed E-state index contributed by atoms with van der Waals surface area (Å²) in [5.74, 6) is 0. The van der Waals surface area contributed by atoms with Gasteiger partial charge in [0.1, 0.15) is 0 Å². The highest BCUT2D eigenvalue weighted by Crippen LogP contribution is 2.71. The monoisotopic (exact) mass is 374 g/mol. The van der Waals surface area contributed by atoms with Crippen LogP contribution in [-0.4, -0.2) is 51.3 Å². The van der Waals surface area contributed by atoms with Crippen LogP contribution in [0.5, 0.6) is 0 Å². The van der Waals surface area contributed by atoms with E-state index in [-0.39, 0.29) is 32.8 Å². The van der Waals surface area contributed by atoms with Crippen molar-refractivity contribution in [2.24, 2.45) is 0 Å². The lowest BCUT2D eigenvalue weighted by atomic mass is 10.5. The highest BCUT2D eigenvalue weighted by Gasteiger charge is 2.52. The maximum atomic E-state index is 13.2. The molecule has 0 bridgehead atoms. The maximum Gasteiger partial charge on any atom is 0.345 e. The Hall–Kier alpha value is 0.220. The van der Waals surface area contributed by atoms with Gasteiger partial charge in [0.2, 0.25) is 0 Å². The van der Waals surface area contributed by atoms with E-state index >= 15 is 0 Å². The SMILES string of the molecule is CCOP(=O)(OCC)C(CC1OCCO1)P(=O)(OCC)OCC. The standard InChI is InChI=1S/C13H28O8P2/c1-5-18-22(14,19-6-2)13(11-12-16-9-10-17-12)23(15,20-7-3)21-8-4/h12-13H,5-11H2,1-4H3. The molecule has 0 aromatic heterocycles. The largest absolute Gasteiger partial charge is 0.350 e. The highest BCUT2D eigenvalue weighted by atomic mass is 31.2. The first-order chi connectivity index (χ1) is 11.0. The molecule has 0 aromatic rings. The van der Waals surface area contributed by atoms with Crippen molar-refractivity contribution in [3.63, 3.8) is 0 Å². The average molecular weight is 374 g/mol. The molecule has 0 atom stereocenters. The van der Waals surface area contributed by atoms with Crippen LogP contribution >= 0.6 is 15.2 Å². The van der Waals surface area contributed by atoms with E-state index in [0.29, 0.717) is 13.2 Å². The molecule has 1 aliphatic rings. The first-order valence-electron chi connectivity index (χ1n) is 7.96. The predicted octanol–water partition coefficient (Wildman–Crippen LogP) is 3.61. The Morgan fingerprint density at radius 3 is 1.48 bits per heavy atom. The number of rotatable bonds is 12. The maximum absolute atomic E-state index is 13.2. The molecule has 0 aromatic carbocycles. The zero-order chi connectivity index (χ0) is 17.3. The van der Waals surface area contributed by atoms with E-state index in [2.05, 4.69) is 0 Å². The van der Waals surface area contributed by atoms with E-state index in [4.69, 9.17) is 27.6 Å². The van der Waals surface area contributed by atoms with Crippen LogP contribution in [0.1, 0.15) is 34.1 Å². The van der Waals surface area contributed by atoms with E-state index in [0.717, 1.165) is 0 Å². The Balaban J connectivity index is 3.15. The minimum Gasteiger partial charge on any atom is -0.350 e. The topological polar surface area (TPSA) is 89.5 Å². The summed E-state index contributed by atoms with van der Waals surface area (Å²) in [4.78, 5) is 0. The molecule has 1 fully saturated rings. The van der Waals surface area contributed by atoms with Crippen LogP contribution in [0.25, 0.3) is 0 Å². The lowest BCUT2D eigenvalue weighted by molar-refractivity contribution is -0.0464. The Kier molecular flexibility index (Phi) is 9.49. The van der Waals surface area contributed by atoms with Gasteiger partial charge in [-0.1, -0.05) is 0 Å². The summed E-state index contributed by atoms with van der Waals surface area (Å²) in [6.07, 6.45) is -0.586. The fourth-order valence-corrected chi connectivity index (χ4v) is 7.61. The van der Waals surface area contributed by atoms with Crippen molar-refractivity contribution in [1.29, 1.82) is 0 Å². The minimum absolute atomic E-state index is 0.0502. The molecule has 0 N–H and O–H groups in total. The van der Waals surface area contributed by atoms with Crippen molar-refractivity contribution < 1.29 is 36.7 Å². The second kappa shape index (κ2) is 10.3. The van der Waals surface area contributed by atoms with Crippen LogP contribution < -0.4 is 0 Å². The smallest absolute Gasteiger partial charge is 0.345 e. The fourth-order valence-electron chi connectivity index (χ4n) is 2.29. The highest BCUT2D eigenvalue weighted by molar-refractivity contribution is 7.72. The first-order valence-corrected chi connectivity index (χ1v) is 11.2. The first kappa shape index (κ1) is 21.3. The molecule has 23 heavy (non-hydrogen) atoms. The van der Waals surface area contributed by atoms with E-state index in [1.807, 2.05) is 0 Å². The minimum atomic E-state index is -3.74. The van der Waals surface area contributed by atoms with Gasteiger partial charge in [0.25, 0.3) is 0 Å². The van der Waals surface area contributed by atoms with Gasteiger partial charge in [-0.3, -0.25) is 9.13 Å². The Bertz CT molecular complexity index is 374. The lowest BCUT2D eigenvalue weighted by Gasteiger charge is -2.32. The summed E-state index contributed by atoms with van der Waals surface area (Å²) in [6, 6.07) is 0. The Labute approximate surface area is 138 Å². The molecule has 1 saturated heterocycles. The van der Waals surface area contributed by atoms with Gasteiger partial charge in [0.15, 0.2) is 11.7 Å². The normalized spacial score (nSPS) is 17.3. The van der Waals surface area contributed by atoms with Gasteiger partial charge in [0.05, 0.1) is 39.6 Å². The zero-order valence-corrected chi connectivity index (χ0v) is 16.1. The zero-order valence-electron chi connectivity index (χ0n) is 14.3. The average Bonchev–Trinajstić information content (AvgIpc) is 2.98. The van der Waals surface area contributed by atoms with Crippen LogP contribution in [-0.2, 0) is 36.7 Å². The van der Waals surface area contributed by atoms with E-state index in [1.54, 1.807) is 27.7 Å². The van der Waals surface area contributed by atoms with Crippen LogP contribution in [0.2, 0.25) is 0 Å². The lowest BCUT2D eigenvalue weighted by Crippen LogP contribution is -2.24. The van der Waals surface area contributed by atoms with Crippen molar-refractivity contribution in [3.05, 3.63) is 0 Å². The molecule has 0 unspecified atom stereocenters. The van der Waals surface area contributed by atoms with Crippen molar-refractivity contribution in [1.82, 2.24) is 0 Å². The van der Waals surface area contributed by atoms with Gasteiger partial charge in [-0.15, -0.1) is 0 Å². The van der Waals surface area contributed by atoms with Gasteiger partial charge in [-0.2, -0.15) is 0 Å². The fraction of sp³-hybridized carbons (Fsp3) is 1.00. The molecule has 1 rings (SSSR count). The summed E-state index contributed by atoms with van der Waals surface area (Å²) in [5.41, 5.74) is 0. The molecule has 0 amide bonds. The van der Waals surface area contributed by atoms with Crippen molar-refractivity contribution >= 4 is 15.2 Å². The molecule has 0 saturated carbocycles. The molecular weight excluding hydrogens is 346 g/mol. The van der Waals surface area contributed by atoms with Crippen molar-refractivity contribution in [3.8, 4) is 0 Å². The molecule has 0 spiro atoms. The van der Waals surface area contributed by atoms with E-state index in [9.17, 15) is 9.13 Å². The number of hydrogen-bond donors (Lipinski definition) is 0. The predicted molar refractivity (Wildman–Crippen MR) is 85.8 cm³/mol. The van der Waals surface area contributed by atoms with Gasteiger partial charge >= 0.3 is 15.2 Å². The van der Waals surface area contributed by atoms with Gasteiger partial charge in [0, 0.05) is 6.42 Å². The van der Waals surface area contributed by atoms with Gasteiger partial charge in [-0.25, -0.2) is 0 Å². The summed E-state index contributed by atoms with van der Waals surface area (Å²) in [5, 5.41) is -1.10. The summed E-state index contributed by atoms with van der Waals surface area (Å²) >= 11 is 0. The summed E-state index contributed by atoms with van der Waals surface area (Å²) < 4.78 is 58.7. The Morgan fingerprint density at radius 2 is 1.17 bits per heavy atom. The molecule has 10 heteroatoms. The summed E-state index contributed by atoms with van der Waals surface area (Å²) in [7, 11) is -7.47. The number of ether oxygens (including phenoxy) is 2. The van der Waals surface area contributed by atoms with E-state index < -0.39 is 26.9 Å². The van der Waals surface area contributed by atoms with Gasteiger partial charge in [-0.05, 0) is 27.7 Å². The van der Waals surface area contributed by atoms with Crippen LogP contribution in [0.3, 0.4) is 0 Å². The van der Waals surface area contributed by atoms with Crippen LogP contribution in [0, 0.1) is 0 Å². The molecule has 1 aliphatic heterocycles. The Morgan fingerprint density at radius 1 is 0.826 bits per heavy atom. The molecule has 1 heterocycles. The molecular formula is C13H28O8P2. The van der Waals surface area contributed by atoms with Crippen LogP contribution in [0.4, 0.5) is 0 Å². The third-order valence-electron chi connectivity index (χ3n) is 3.06. The molecule has 8 nitrogen and oxygen atoms in total. The van der Waals surface area contributed by atoms with Crippen molar-refractivity contribution in [2.45, 2.75) is 45.8 Å². The van der Waals surface area contributed by atoms with Gasteiger partial charge < -0.3 is 27.6 Å². The van der Waals surface area contributed by atoms with Crippen molar-refractivity contribution in [2.75, 3.05) is 39.6 Å². The molecule has 0 radical (unpaired) electrons. The summed E-state index contributed by atoms with van der Waals surface area (Å²) in [6.45, 7) is 8.23. The third kappa shape index (κ3) is 5.91. The number of hydrogen-bond acceptors (Lipinski definition) is 8. The third-order valence-corrected chi connectivity index (χ3v) is 9.11. The second-order valence-corrected chi connectivity index (χ2v) is 9.48. The van der Waals surface area contributed by atoms with E-state index in [1.165, 1.54) is 0 Å². The molecule has 138 valence electrons. The van der Waals surface area contributed by atoms with Crippen LogP contribution in [0.15, 0.2) is 0 Å². The second-order valence-electron chi connectivity index (χ2n) is 4.64. The molecule has 0 aliphatic carbocycles.